The molecule has 206 valence electrons. The van der Waals surface area contributed by atoms with Gasteiger partial charge in [-0.05, 0) is 109 Å². The lowest BCUT2D eigenvalue weighted by atomic mass is 9.91. The van der Waals surface area contributed by atoms with Gasteiger partial charge in [-0.3, -0.25) is 5.32 Å². The lowest BCUT2D eigenvalue weighted by Crippen LogP contribution is -2.38. The fourth-order valence-corrected chi connectivity index (χ4v) is 5.55. The van der Waals surface area contributed by atoms with E-state index in [0.29, 0.717) is 5.92 Å². The third-order valence-corrected chi connectivity index (χ3v) is 7.66. The van der Waals surface area contributed by atoms with Gasteiger partial charge in [-0.2, -0.15) is 0 Å². The lowest BCUT2D eigenvalue weighted by molar-refractivity contribution is 0.130. The Morgan fingerprint density at radius 1 is 1.14 bits per heavy atom. The predicted molar refractivity (Wildman–Crippen MR) is 152 cm³/mol. The van der Waals surface area contributed by atoms with Gasteiger partial charge in [0.15, 0.2) is 0 Å². The third kappa shape index (κ3) is 8.32. The molecule has 3 rings (SSSR count). The SMILES string of the molecule is COCCCn1c(C)c(C)c(C)c1C1CCCN(CCC(N)Cc2ccc(NC(=O)OC(C)C)cc2)C1. The number of likely N-dealkylation sites (tertiary alicyclic amines) is 1. The highest BCUT2D eigenvalue weighted by Gasteiger charge is 2.27. The molecule has 0 radical (unpaired) electrons. The molecule has 0 bridgehead atoms. The molecular formula is C30H48N4O3. The van der Waals surface area contributed by atoms with Crippen LogP contribution in [0.4, 0.5) is 10.5 Å². The zero-order chi connectivity index (χ0) is 26.9. The smallest absolute Gasteiger partial charge is 0.411 e. The van der Waals surface area contributed by atoms with Gasteiger partial charge in [0.2, 0.25) is 0 Å². The summed E-state index contributed by atoms with van der Waals surface area (Å²) < 4.78 is 13.0. The molecule has 1 aromatic carbocycles. The molecule has 0 aliphatic carbocycles. The topological polar surface area (TPSA) is 81.8 Å². The molecule has 1 aliphatic rings. The summed E-state index contributed by atoms with van der Waals surface area (Å²) in [5, 5.41) is 2.76. The number of aromatic nitrogens is 1. The second-order valence-electron chi connectivity index (χ2n) is 10.9. The van der Waals surface area contributed by atoms with Crippen LogP contribution in [-0.2, 0) is 22.4 Å². The minimum absolute atomic E-state index is 0.106. The maximum Gasteiger partial charge on any atom is 0.411 e. The minimum Gasteiger partial charge on any atom is -0.447 e. The summed E-state index contributed by atoms with van der Waals surface area (Å²) in [6.07, 6.45) is 4.75. The third-order valence-electron chi connectivity index (χ3n) is 7.66. The zero-order valence-electron chi connectivity index (χ0n) is 23.8. The fourth-order valence-electron chi connectivity index (χ4n) is 5.55. The molecule has 1 saturated heterocycles. The number of nitrogens with zero attached hydrogens (tertiary/aromatic N) is 2. The van der Waals surface area contributed by atoms with E-state index in [-0.39, 0.29) is 12.1 Å². The molecule has 2 aromatic rings. The predicted octanol–water partition coefficient (Wildman–Crippen LogP) is 5.55. The number of amides is 1. The Balaban J connectivity index is 1.52. The second kappa shape index (κ2) is 14.0. The van der Waals surface area contributed by atoms with Crippen molar-refractivity contribution < 1.29 is 14.3 Å². The molecule has 7 heteroatoms. The number of hydrogen-bond acceptors (Lipinski definition) is 5. The summed E-state index contributed by atoms with van der Waals surface area (Å²) in [6.45, 7) is 15.6. The van der Waals surface area contributed by atoms with E-state index in [2.05, 4.69) is 35.6 Å². The van der Waals surface area contributed by atoms with Gasteiger partial charge in [-0.15, -0.1) is 0 Å². The molecule has 2 heterocycles. The molecule has 1 amide bonds. The van der Waals surface area contributed by atoms with Gasteiger partial charge in [0.25, 0.3) is 0 Å². The van der Waals surface area contributed by atoms with Crippen LogP contribution in [-0.4, -0.2) is 61.1 Å². The van der Waals surface area contributed by atoms with E-state index < -0.39 is 6.09 Å². The van der Waals surface area contributed by atoms with Crippen LogP contribution in [0.15, 0.2) is 24.3 Å². The van der Waals surface area contributed by atoms with Crippen LogP contribution in [0.25, 0.3) is 0 Å². The molecule has 1 aromatic heterocycles. The summed E-state index contributed by atoms with van der Waals surface area (Å²) in [6, 6.07) is 7.99. The van der Waals surface area contributed by atoms with Crippen molar-refractivity contribution in [2.75, 3.05) is 38.7 Å². The van der Waals surface area contributed by atoms with E-state index in [1.165, 1.54) is 40.9 Å². The average molecular weight is 513 g/mol. The van der Waals surface area contributed by atoms with Gasteiger partial charge in [-0.25, -0.2) is 4.79 Å². The van der Waals surface area contributed by atoms with E-state index >= 15 is 0 Å². The Bertz CT molecular complexity index is 999. The summed E-state index contributed by atoms with van der Waals surface area (Å²) in [5.41, 5.74) is 14.3. The number of carbonyl (C=O) groups excluding carboxylic acids is 1. The van der Waals surface area contributed by atoms with Crippen molar-refractivity contribution >= 4 is 11.8 Å². The van der Waals surface area contributed by atoms with Crippen LogP contribution >= 0.6 is 0 Å². The van der Waals surface area contributed by atoms with Crippen molar-refractivity contribution in [3.8, 4) is 0 Å². The van der Waals surface area contributed by atoms with Crippen molar-refractivity contribution in [3.63, 3.8) is 0 Å². The van der Waals surface area contributed by atoms with Crippen molar-refractivity contribution in [3.05, 3.63) is 52.3 Å². The maximum atomic E-state index is 11.8. The molecule has 3 N–H and O–H groups in total. The van der Waals surface area contributed by atoms with Gasteiger partial charge in [0, 0.05) is 55.8 Å². The van der Waals surface area contributed by atoms with E-state index in [1.54, 1.807) is 7.11 Å². The molecule has 2 atom stereocenters. The lowest BCUT2D eigenvalue weighted by Gasteiger charge is -2.34. The molecule has 0 spiro atoms. The van der Waals surface area contributed by atoms with Crippen LogP contribution < -0.4 is 11.1 Å². The minimum atomic E-state index is -0.429. The van der Waals surface area contributed by atoms with Gasteiger partial charge < -0.3 is 24.7 Å². The van der Waals surface area contributed by atoms with E-state index in [1.807, 2.05) is 38.1 Å². The summed E-state index contributed by atoms with van der Waals surface area (Å²) in [4.78, 5) is 14.4. The Labute approximate surface area is 223 Å². The number of methoxy groups -OCH3 is 1. The van der Waals surface area contributed by atoms with Gasteiger partial charge in [0.05, 0.1) is 6.10 Å². The molecule has 1 fully saturated rings. The van der Waals surface area contributed by atoms with Crippen molar-refractivity contribution in [1.82, 2.24) is 9.47 Å². The maximum absolute atomic E-state index is 11.8. The number of rotatable bonds is 12. The van der Waals surface area contributed by atoms with Gasteiger partial charge in [0.1, 0.15) is 0 Å². The number of anilines is 1. The molecule has 2 unspecified atom stereocenters. The number of carbonyl (C=O) groups is 1. The Hall–Kier alpha value is -2.35. The van der Waals surface area contributed by atoms with Crippen molar-refractivity contribution in [1.29, 1.82) is 0 Å². The van der Waals surface area contributed by atoms with Gasteiger partial charge >= 0.3 is 6.09 Å². The number of hydrogen-bond donors (Lipinski definition) is 2. The highest BCUT2D eigenvalue weighted by molar-refractivity contribution is 5.84. The molecular weight excluding hydrogens is 464 g/mol. The first-order valence-corrected chi connectivity index (χ1v) is 13.9. The summed E-state index contributed by atoms with van der Waals surface area (Å²) in [7, 11) is 1.78. The standard InChI is InChI=1S/C30H48N4O3/c1-21(2)37-30(35)32-28-12-10-25(11-13-28)19-27(31)14-17-33-15-7-9-26(20-33)29-23(4)22(3)24(5)34(29)16-8-18-36-6/h10-13,21,26-27H,7-9,14-20,31H2,1-6H3,(H,32,35). The van der Waals surface area contributed by atoms with E-state index in [9.17, 15) is 4.79 Å². The van der Waals surface area contributed by atoms with E-state index in [4.69, 9.17) is 15.2 Å². The quantitative estimate of drug-likeness (QED) is 0.365. The Morgan fingerprint density at radius 3 is 2.54 bits per heavy atom. The zero-order valence-corrected chi connectivity index (χ0v) is 23.8. The summed E-state index contributed by atoms with van der Waals surface area (Å²) in [5.74, 6) is 0.572. The molecule has 7 nitrogen and oxygen atoms in total. The van der Waals surface area contributed by atoms with Crippen LogP contribution in [0.5, 0.6) is 0 Å². The Morgan fingerprint density at radius 2 is 1.86 bits per heavy atom. The first kappa shape index (κ1) is 29.2. The molecule has 1 aliphatic heterocycles. The monoisotopic (exact) mass is 512 g/mol. The van der Waals surface area contributed by atoms with Crippen LogP contribution in [0.3, 0.4) is 0 Å². The van der Waals surface area contributed by atoms with Crippen molar-refractivity contribution in [2.24, 2.45) is 5.73 Å². The number of ether oxygens (including phenoxy) is 2. The average Bonchev–Trinajstić information content (AvgIpc) is 3.07. The number of nitrogens with two attached hydrogens (primary N) is 1. The number of benzene rings is 1. The van der Waals surface area contributed by atoms with Crippen LogP contribution in [0, 0.1) is 20.8 Å². The highest BCUT2D eigenvalue weighted by Crippen LogP contribution is 2.34. The largest absolute Gasteiger partial charge is 0.447 e. The fraction of sp³-hybridized carbons (Fsp3) is 0.633. The first-order chi connectivity index (χ1) is 17.7. The second-order valence-corrected chi connectivity index (χ2v) is 10.9. The van der Waals surface area contributed by atoms with Gasteiger partial charge in [-0.1, -0.05) is 12.1 Å². The number of nitrogens with one attached hydrogen (secondary N) is 1. The highest BCUT2D eigenvalue weighted by atomic mass is 16.6. The first-order valence-electron chi connectivity index (χ1n) is 13.9. The normalized spacial score (nSPS) is 17.2. The Kier molecular flexibility index (Phi) is 11.0. The molecule has 37 heavy (non-hydrogen) atoms. The summed E-state index contributed by atoms with van der Waals surface area (Å²) >= 11 is 0. The van der Waals surface area contributed by atoms with Crippen molar-refractivity contribution in [2.45, 2.75) is 91.3 Å². The van der Waals surface area contributed by atoms with E-state index in [0.717, 1.165) is 57.7 Å². The number of piperidine rings is 1. The molecule has 0 saturated carbocycles. The van der Waals surface area contributed by atoms with Crippen LogP contribution in [0.1, 0.15) is 73.5 Å². The van der Waals surface area contributed by atoms with Crippen LogP contribution in [0.2, 0.25) is 0 Å².